The molecule has 0 spiro atoms. The average Bonchev–Trinajstić information content (AvgIpc) is 3.42. The summed E-state index contributed by atoms with van der Waals surface area (Å²) >= 11 is 0. The number of anilines is 1. The van der Waals surface area contributed by atoms with Gasteiger partial charge in [-0.3, -0.25) is 0 Å². The van der Waals surface area contributed by atoms with Crippen LogP contribution in [0, 0.1) is 17.2 Å². The first-order chi connectivity index (χ1) is 12.0. The van der Waals surface area contributed by atoms with E-state index in [-0.39, 0.29) is 10.5 Å². The molecule has 1 aromatic heterocycles. The molecule has 130 valence electrons. The predicted octanol–water partition coefficient (Wildman–Crippen LogP) is 2.00. The van der Waals surface area contributed by atoms with Crippen LogP contribution in [0.4, 0.5) is 5.69 Å². The van der Waals surface area contributed by atoms with Crippen molar-refractivity contribution in [3.8, 4) is 11.9 Å². The first-order valence-corrected chi connectivity index (χ1v) is 9.39. The Balaban J connectivity index is 1.68. The zero-order chi connectivity index (χ0) is 17.9. The van der Waals surface area contributed by atoms with Crippen LogP contribution >= 0.6 is 0 Å². The van der Waals surface area contributed by atoms with Crippen molar-refractivity contribution in [3.05, 3.63) is 47.7 Å². The zero-order valence-electron chi connectivity index (χ0n) is 13.5. The molecule has 1 aliphatic carbocycles. The van der Waals surface area contributed by atoms with Crippen molar-refractivity contribution in [2.24, 2.45) is 11.1 Å². The van der Waals surface area contributed by atoms with Crippen LogP contribution < -0.4 is 15.2 Å². The third-order valence-electron chi connectivity index (χ3n) is 3.89. The molecule has 25 heavy (non-hydrogen) atoms. The van der Waals surface area contributed by atoms with Crippen molar-refractivity contribution >= 4 is 15.7 Å². The normalized spacial score (nSPS) is 13.9. The molecule has 0 unspecified atom stereocenters. The van der Waals surface area contributed by atoms with Crippen LogP contribution in [0.3, 0.4) is 0 Å². The first kappa shape index (κ1) is 17.2. The van der Waals surface area contributed by atoms with Gasteiger partial charge in [0.05, 0.1) is 22.8 Å². The van der Waals surface area contributed by atoms with Crippen molar-refractivity contribution in [3.63, 3.8) is 0 Å². The highest BCUT2D eigenvalue weighted by Gasteiger charge is 2.22. The van der Waals surface area contributed by atoms with Gasteiger partial charge in [0.1, 0.15) is 6.07 Å². The van der Waals surface area contributed by atoms with E-state index in [2.05, 4.69) is 10.3 Å². The van der Waals surface area contributed by atoms with Gasteiger partial charge in [0.2, 0.25) is 15.9 Å². The standard InChI is InChI=1S/C17H18N4O3S/c18-9-14-8-15(25(19,22)23)3-4-16(14)21-10-13-5-6-20-17(7-13)24-11-12-1-2-12/h3-8,12,21H,1-2,10-11H2,(H2,19,22,23). The van der Waals surface area contributed by atoms with Gasteiger partial charge >= 0.3 is 0 Å². The number of rotatable bonds is 7. The summed E-state index contributed by atoms with van der Waals surface area (Å²) in [5.74, 6) is 1.23. The lowest BCUT2D eigenvalue weighted by molar-refractivity contribution is 0.288. The third-order valence-corrected chi connectivity index (χ3v) is 4.80. The van der Waals surface area contributed by atoms with E-state index < -0.39 is 10.0 Å². The molecule has 1 saturated carbocycles. The molecule has 1 aliphatic rings. The molecule has 1 heterocycles. The molecule has 0 radical (unpaired) electrons. The van der Waals surface area contributed by atoms with E-state index in [0.29, 0.717) is 30.6 Å². The van der Waals surface area contributed by atoms with Gasteiger partial charge in [0.15, 0.2) is 0 Å². The van der Waals surface area contributed by atoms with Gasteiger partial charge in [-0.1, -0.05) is 0 Å². The molecule has 7 nitrogen and oxygen atoms in total. The summed E-state index contributed by atoms with van der Waals surface area (Å²) in [5.41, 5.74) is 1.69. The van der Waals surface area contributed by atoms with E-state index in [1.165, 1.54) is 31.0 Å². The van der Waals surface area contributed by atoms with Crippen LogP contribution in [0.5, 0.6) is 5.88 Å². The second-order valence-corrected chi connectivity index (χ2v) is 7.54. The molecule has 0 saturated heterocycles. The molecule has 2 aromatic rings. The Morgan fingerprint density at radius 1 is 1.32 bits per heavy atom. The Bertz CT molecular complexity index is 918. The number of nitriles is 1. The predicted molar refractivity (Wildman–Crippen MR) is 92.3 cm³/mol. The minimum atomic E-state index is -3.84. The minimum absolute atomic E-state index is 0.0886. The van der Waals surface area contributed by atoms with Gasteiger partial charge in [-0.05, 0) is 48.6 Å². The number of nitrogens with one attached hydrogen (secondary N) is 1. The lowest BCUT2D eigenvalue weighted by atomic mass is 10.2. The fourth-order valence-corrected chi connectivity index (χ4v) is 2.81. The number of aromatic nitrogens is 1. The number of hydrogen-bond donors (Lipinski definition) is 2. The molecular weight excluding hydrogens is 340 g/mol. The van der Waals surface area contributed by atoms with Crippen LogP contribution in [-0.4, -0.2) is 20.0 Å². The maximum Gasteiger partial charge on any atom is 0.238 e. The van der Waals surface area contributed by atoms with E-state index in [1.54, 1.807) is 6.20 Å². The topological polar surface area (TPSA) is 118 Å². The number of nitrogens with two attached hydrogens (primary N) is 1. The quantitative estimate of drug-likeness (QED) is 0.781. The molecule has 3 rings (SSSR count). The number of nitrogens with zero attached hydrogens (tertiary/aromatic N) is 2. The molecule has 0 bridgehead atoms. The van der Waals surface area contributed by atoms with Gasteiger partial charge in [0.25, 0.3) is 0 Å². The Labute approximate surface area is 146 Å². The number of benzene rings is 1. The number of hydrogen-bond acceptors (Lipinski definition) is 6. The summed E-state index contributed by atoms with van der Waals surface area (Å²) in [6, 6.07) is 9.83. The highest BCUT2D eigenvalue weighted by molar-refractivity contribution is 7.89. The molecule has 3 N–H and O–H groups in total. The fraction of sp³-hybridized carbons (Fsp3) is 0.294. The van der Waals surface area contributed by atoms with Crippen LogP contribution in [0.15, 0.2) is 41.4 Å². The smallest absolute Gasteiger partial charge is 0.238 e. The summed E-state index contributed by atoms with van der Waals surface area (Å²) < 4.78 is 28.4. The Hall–Kier alpha value is -2.63. The molecule has 1 fully saturated rings. The Morgan fingerprint density at radius 2 is 2.12 bits per heavy atom. The highest BCUT2D eigenvalue weighted by atomic mass is 32.2. The summed E-state index contributed by atoms with van der Waals surface area (Å²) in [6.45, 7) is 1.14. The van der Waals surface area contributed by atoms with E-state index in [4.69, 9.17) is 9.88 Å². The summed E-state index contributed by atoms with van der Waals surface area (Å²) in [6.07, 6.45) is 4.11. The third kappa shape index (κ3) is 4.68. The monoisotopic (exact) mass is 358 g/mol. The van der Waals surface area contributed by atoms with Gasteiger partial charge < -0.3 is 10.1 Å². The lowest BCUT2D eigenvalue weighted by Crippen LogP contribution is -2.12. The zero-order valence-corrected chi connectivity index (χ0v) is 14.3. The Morgan fingerprint density at radius 3 is 2.80 bits per heavy atom. The van der Waals surface area contributed by atoms with Crippen LogP contribution in [0.25, 0.3) is 0 Å². The fourth-order valence-electron chi connectivity index (χ4n) is 2.27. The van der Waals surface area contributed by atoms with Crippen molar-refractivity contribution in [1.29, 1.82) is 5.26 Å². The van der Waals surface area contributed by atoms with E-state index >= 15 is 0 Å². The largest absolute Gasteiger partial charge is 0.477 e. The van der Waals surface area contributed by atoms with Gasteiger partial charge in [-0.25, -0.2) is 18.5 Å². The second-order valence-electron chi connectivity index (χ2n) is 5.97. The maximum atomic E-state index is 11.4. The number of ether oxygens (including phenoxy) is 1. The first-order valence-electron chi connectivity index (χ1n) is 7.84. The number of primary sulfonamides is 1. The van der Waals surface area contributed by atoms with Crippen molar-refractivity contribution in [2.75, 3.05) is 11.9 Å². The van der Waals surface area contributed by atoms with Crippen LogP contribution in [0.2, 0.25) is 0 Å². The van der Waals surface area contributed by atoms with E-state index in [0.717, 1.165) is 5.56 Å². The van der Waals surface area contributed by atoms with Crippen LogP contribution in [-0.2, 0) is 16.6 Å². The molecular formula is C17H18N4O3S. The molecule has 0 aliphatic heterocycles. The SMILES string of the molecule is N#Cc1cc(S(N)(=O)=O)ccc1NCc1ccnc(OCC2CC2)c1. The number of pyridine rings is 1. The average molecular weight is 358 g/mol. The van der Waals surface area contributed by atoms with Gasteiger partial charge in [-0.2, -0.15) is 5.26 Å². The summed E-state index contributed by atoms with van der Waals surface area (Å²) in [4.78, 5) is 4.09. The summed E-state index contributed by atoms with van der Waals surface area (Å²) in [5, 5.41) is 17.4. The minimum Gasteiger partial charge on any atom is -0.477 e. The molecule has 8 heteroatoms. The summed E-state index contributed by atoms with van der Waals surface area (Å²) in [7, 11) is -3.84. The molecule has 0 atom stereocenters. The second kappa shape index (κ2) is 7.09. The lowest BCUT2D eigenvalue weighted by Gasteiger charge is -2.10. The van der Waals surface area contributed by atoms with E-state index in [9.17, 15) is 13.7 Å². The van der Waals surface area contributed by atoms with Gasteiger partial charge in [-0.15, -0.1) is 0 Å². The van der Waals surface area contributed by atoms with Crippen LogP contribution in [0.1, 0.15) is 24.0 Å². The van der Waals surface area contributed by atoms with Crippen molar-refractivity contribution in [1.82, 2.24) is 4.98 Å². The van der Waals surface area contributed by atoms with Gasteiger partial charge in [0, 0.05) is 18.8 Å². The highest BCUT2D eigenvalue weighted by Crippen LogP contribution is 2.29. The van der Waals surface area contributed by atoms with E-state index in [1.807, 2.05) is 18.2 Å². The van der Waals surface area contributed by atoms with Crippen molar-refractivity contribution < 1.29 is 13.2 Å². The Kier molecular flexibility index (Phi) is 4.88. The number of sulfonamides is 1. The molecule has 0 amide bonds. The molecule has 1 aromatic carbocycles. The maximum absolute atomic E-state index is 11.4. The van der Waals surface area contributed by atoms with Crippen molar-refractivity contribution in [2.45, 2.75) is 24.3 Å².